The van der Waals surface area contributed by atoms with Crippen LogP contribution < -0.4 is 10.2 Å². The monoisotopic (exact) mass is 399 g/mol. The Morgan fingerprint density at radius 3 is 2.71 bits per heavy atom. The number of nitrogens with one attached hydrogen (secondary N) is 2. The summed E-state index contributed by atoms with van der Waals surface area (Å²) in [4.78, 5) is 27.6. The molecule has 2 N–H and O–H groups in total. The summed E-state index contributed by atoms with van der Waals surface area (Å²) in [5, 5.41) is 15.2. The van der Waals surface area contributed by atoms with Crippen LogP contribution in [0.4, 0.5) is 17.3 Å². The molecule has 4 rings (SSSR count). The fourth-order valence-electron chi connectivity index (χ4n) is 3.10. The molecule has 0 aliphatic carbocycles. The zero-order chi connectivity index (χ0) is 19.5. The van der Waals surface area contributed by atoms with Gasteiger partial charge in [-0.25, -0.2) is 9.97 Å². The van der Waals surface area contributed by atoms with E-state index in [1.54, 1.807) is 6.07 Å². The molecular weight excluding hydrogens is 378 g/mol. The molecule has 1 aliphatic rings. The molecule has 2 aromatic heterocycles. The summed E-state index contributed by atoms with van der Waals surface area (Å²) in [6.07, 6.45) is 0. The highest BCUT2D eigenvalue weighted by Crippen LogP contribution is 2.27. The number of hydrogen-bond donors (Lipinski definition) is 2. The van der Waals surface area contributed by atoms with Crippen molar-refractivity contribution in [1.29, 1.82) is 0 Å². The maximum Gasteiger partial charge on any atom is 0.311 e. The number of piperazine rings is 1. The van der Waals surface area contributed by atoms with E-state index in [-0.39, 0.29) is 11.5 Å². The van der Waals surface area contributed by atoms with E-state index in [4.69, 9.17) is 0 Å². The second-order valence-corrected chi connectivity index (χ2v) is 7.57. The molecule has 1 fully saturated rings. The maximum atomic E-state index is 11.4. The second-order valence-electron chi connectivity index (χ2n) is 6.61. The van der Waals surface area contributed by atoms with E-state index in [9.17, 15) is 10.1 Å². The van der Waals surface area contributed by atoms with E-state index >= 15 is 0 Å². The third-order valence-corrected chi connectivity index (χ3v) is 5.45. The molecule has 1 aliphatic heterocycles. The van der Waals surface area contributed by atoms with E-state index < -0.39 is 4.92 Å². The third kappa shape index (κ3) is 4.02. The van der Waals surface area contributed by atoms with E-state index in [1.807, 2.05) is 24.3 Å². The van der Waals surface area contributed by atoms with Gasteiger partial charge in [0.25, 0.3) is 0 Å². The van der Waals surface area contributed by atoms with Crippen molar-refractivity contribution < 1.29 is 4.92 Å². The number of aromatic nitrogens is 3. The van der Waals surface area contributed by atoms with Crippen molar-refractivity contribution >= 4 is 40.1 Å². The zero-order valence-electron chi connectivity index (χ0n) is 15.5. The number of rotatable bonds is 6. The summed E-state index contributed by atoms with van der Waals surface area (Å²) < 4.78 is 0. The lowest BCUT2D eigenvalue weighted by Crippen LogP contribution is -2.44. The van der Waals surface area contributed by atoms with Gasteiger partial charge in [-0.1, -0.05) is 23.9 Å². The van der Waals surface area contributed by atoms with Crippen LogP contribution in [0.15, 0.2) is 41.6 Å². The number of nitrogens with zero attached hydrogens (tertiary/aromatic N) is 5. The Bertz CT molecular complexity index is 952. The summed E-state index contributed by atoms with van der Waals surface area (Å²) in [6, 6.07) is 11.0. The van der Waals surface area contributed by atoms with Crippen molar-refractivity contribution in [3.05, 3.63) is 46.5 Å². The summed E-state index contributed by atoms with van der Waals surface area (Å²) in [7, 11) is 2.09. The molecule has 146 valence electrons. The van der Waals surface area contributed by atoms with Gasteiger partial charge in [0.2, 0.25) is 5.82 Å². The smallest absolute Gasteiger partial charge is 0.311 e. The normalized spacial score (nSPS) is 15.1. The Hall–Kier alpha value is -2.85. The van der Waals surface area contributed by atoms with Gasteiger partial charge in [0.15, 0.2) is 5.16 Å². The van der Waals surface area contributed by atoms with Crippen molar-refractivity contribution in [3.8, 4) is 0 Å². The van der Waals surface area contributed by atoms with Crippen LogP contribution in [0.5, 0.6) is 0 Å². The number of hydrogen-bond acceptors (Lipinski definition) is 8. The fraction of sp³-hybridized carbons (Fsp3) is 0.333. The van der Waals surface area contributed by atoms with Gasteiger partial charge in [-0.15, -0.1) is 0 Å². The molecule has 0 spiro atoms. The van der Waals surface area contributed by atoms with Crippen molar-refractivity contribution in [2.45, 2.75) is 5.16 Å². The number of aromatic amines is 1. The standard InChI is InChI=1S/C18H21N7O2S/c1-23-8-10-24(11-9-23)16-7-6-15(25(26)27)17(22-16)19-12-28-18-20-13-4-2-3-5-14(13)21-18/h2-7H,8-12H2,1H3,(H,19,22)(H,20,21). The second kappa shape index (κ2) is 8.03. The van der Waals surface area contributed by atoms with Crippen molar-refractivity contribution in [2.75, 3.05) is 49.3 Å². The molecule has 9 nitrogen and oxygen atoms in total. The van der Waals surface area contributed by atoms with Crippen LogP contribution in [-0.4, -0.2) is 63.9 Å². The van der Waals surface area contributed by atoms with Crippen LogP contribution in [0.1, 0.15) is 0 Å². The highest BCUT2D eigenvalue weighted by molar-refractivity contribution is 7.99. The number of pyridine rings is 1. The Balaban J connectivity index is 1.47. The molecule has 1 aromatic carbocycles. The SMILES string of the molecule is CN1CCN(c2ccc([N+](=O)[O-])c(NCSc3nc4ccccc4[nH]3)n2)CC1. The first-order valence-corrected chi connectivity index (χ1v) is 9.99. The molecule has 28 heavy (non-hydrogen) atoms. The molecule has 1 saturated heterocycles. The molecule has 0 radical (unpaired) electrons. The van der Waals surface area contributed by atoms with Crippen LogP contribution in [0, 0.1) is 10.1 Å². The van der Waals surface area contributed by atoms with Gasteiger partial charge in [-0.05, 0) is 25.2 Å². The van der Waals surface area contributed by atoms with Gasteiger partial charge < -0.3 is 20.1 Å². The summed E-state index contributed by atoms with van der Waals surface area (Å²) in [6.45, 7) is 3.61. The number of benzene rings is 1. The van der Waals surface area contributed by atoms with E-state index in [1.165, 1.54) is 17.8 Å². The van der Waals surface area contributed by atoms with Gasteiger partial charge >= 0.3 is 5.69 Å². The molecule has 10 heteroatoms. The van der Waals surface area contributed by atoms with Crippen LogP contribution in [-0.2, 0) is 0 Å². The van der Waals surface area contributed by atoms with Gasteiger partial charge in [0.05, 0.1) is 21.8 Å². The number of likely N-dealkylation sites (N-methyl/N-ethyl adjacent to an activating group) is 1. The lowest BCUT2D eigenvalue weighted by Gasteiger charge is -2.33. The first-order valence-electron chi connectivity index (χ1n) is 9.00. The first-order chi connectivity index (χ1) is 13.6. The van der Waals surface area contributed by atoms with Crippen molar-refractivity contribution in [1.82, 2.24) is 19.9 Å². The van der Waals surface area contributed by atoms with Crippen molar-refractivity contribution in [2.24, 2.45) is 0 Å². The minimum absolute atomic E-state index is 0.0249. The molecule has 3 heterocycles. The van der Waals surface area contributed by atoms with Gasteiger partial charge in [0.1, 0.15) is 5.82 Å². The minimum Gasteiger partial charge on any atom is -0.355 e. The predicted molar refractivity (Wildman–Crippen MR) is 111 cm³/mol. The minimum atomic E-state index is -0.408. The number of thioether (sulfide) groups is 1. The molecule has 3 aromatic rings. The largest absolute Gasteiger partial charge is 0.355 e. The van der Waals surface area contributed by atoms with Gasteiger partial charge in [-0.3, -0.25) is 10.1 Å². The Morgan fingerprint density at radius 2 is 1.96 bits per heavy atom. The van der Waals surface area contributed by atoms with E-state index in [0.717, 1.165) is 48.2 Å². The summed E-state index contributed by atoms with van der Waals surface area (Å²) in [5.41, 5.74) is 1.83. The van der Waals surface area contributed by atoms with E-state index in [0.29, 0.717) is 5.88 Å². The zero-order valence-corrected chi connectivity index (χ0v) is 16.3. The Labute approximate surface area is 166 Å². The Morgan fingerprint density at radius 1 is 1.18 bits per heavy atom. The van der Waals surface area contributed by atoms with Crippen molar-refractivity contribution in [3.63, 3.8) is 0 Å². The molecule has 0 amide bonds. The molecule has 0 unspecified atom stereocenters. The van der Waals surface area contributed by atoms with Gasteiger partial charge in [-0.2, -0.15) is 0 Å². The molecule has 0 atom stereocenters. The topological polar surface area (TPSA) is 103 Å². The highest BCUT2D eigenvalue weighted by Gasteiger charge is 2.20. The van der Waals surface area contributed by atoms with Gasteiger partial charge in [0, 0.05) is 32.2 Å². The average Bonchev–Trinajstić information content (AvgIpc) is 3.11. The number of fused-ring (bicyclic) bond motifs is 1. The summed E-state index contributed by atoms with van der Waals surface area (Å²) >= 11 is 1.44. The fourth-order valence-corrected chi connectivity index (χ4v) is 3.79. The number of anilines is 2. The summed E-state index contributed by atoms with van der Waals surface area (Å²) in [5.74, 6) is 1.46. The van der Waals surface area contributed by atoms with E-state index in [2.05, 4.69) is 37.1 Å². The number of H-pyrrole nitrogens is 1. The average molecular weight is 399 g/mol. The van der Waals surface area contributed by atoms with Crippen LogP contribution >= 0.6 is 11.8 Å². The third-order valence-electron chi connectivity index (χ3n) is 4.70. The first kappa shape index (κ1) is 18.5. The number of nitro groups is 1. The van der Waals surface area contributed by atoms with Crippen LogP contribution in [0.2, 0.25) is 0 Å². The van der Waals surface area contributed by atoms with Crippen LogP contribution in [0.25, 0.3) is 11.0 Å². The maximum absolute atomic E-state index is 11.4. The van der Waals surface area contributed by atoms with Crippen LogP contribution in [0.3, 0.4) is 0 Å². The Kier molecular flexibility index (Phi) is 5.31. The number of para-hydroxylation sites is 2. The molecule has 0 saturated carbocycles. The molecular formula is C18H21N7O2S. The quantitative estimate of drug-likeness (QED) is 0.282. The lowest BCUT2D eigenvalue weighted by molar-refractivity contribution is -0.384. The molecule has 0 bridgehead atoms. The number of imidazole rings is 1. The lowest BCUT2D eigenvalue weighted by atomic mass is 10.3. The predicted octanol–water partition coefficient (Wildman–Crippen LogP) is 2.78. The highest BCUT2D eigenvalue weighted by atomic mass is 32.2.